The highest BCUT2D eigenvalue weighted by Crippen LogP contribution is 2.35. The van der Waals surface area contributed by atoms with E-state index in [9.17, 15) is 9.18 Å². The molecule has 0 aliphatic heterocycles. The molecule has 0 saturated heterocycles. The van der Waals surface area contributed by atoms with Gasteiger partial charge in [0.2, 0.25) is 0 Å². The van der Waals surface area contributed by atoms with E-state index in [2.05, 4.69) is 0 Å². The Labute approximate surface area is 136 Å². The first kappa shape index (κ1) is 16.1. The quantitative estimate of drug-likeness (QED) is 0.763. The standard InChI is InChI=1S/C15H10Cl3FO2/c16-10-6-12(17)15(13(18)7-10)21-8-11(20)5-9-3-1-2-4-14(9)19/h1-4,6-7H,5,8H2. The molecule has 0 amide bonds. The largest absolute Gasteiger partial charge is 0.483 e. The predicted molar refractivity (Wildman–Crippen MR) is 82.1 cm³/mol. The Morgan fingerprint density at radius 3 is 2.33 bits per heavy atom. The Morgan fingerprint density at radius 2 is 1.71 bits per heavy atom. The normalized spacial score (nSPS) is 10.5. The van der Waals surface area contributed by atoms with Gasteiger partial charge in [0.1, 0.15) is 12.4 Å². The van der Waals surface area contributed by atoms with Crippen molar-refractivity contribution < 1.29 is 13.9 Å². The first-order valence-corrected chi connectivity index (χ1v) is 7.13. The second kappa shape index (κ2) is 7.12. The van der Waals surface area contributed by atoms with Crippen molar-refractivity contribution in [1.29, 1.82) is 0 Å². The average Bonchev–Trinajstić information content (AvgIpc) is 2.40. The van der Waals surface area contributed by atoms with Gasteiger partial charge in [-0.05, 0) is 23.8 Å². The SMILES string of the molecule is O=C(COc1c(Cl)cc(Cl)cc1Cl)Cc1ccccc1F. The van der Waals surface area contributed by atoms with Gasteiger partial charge in [-0.25, -0.2) is 4.39 Å². The van der Waals surface area contributed by atoms with Crippen molar-refractivity contribution in [3.63, 3.8) is 0 Å². The third-order valence-corrected chi connectivity index (χ3v) is 3.47. The van der Waals surface area contributed by atoms with Crippen molar-refractivity contribution in [1.82, 2.24) is 0 Å². The predicted octanol–water partition coefficient (Wildman–Crippen LogP) is 4.98. The van der Waals surface area contributed by atoms with E-state index in [0.29, 0.717) is 10.6 Å². The zero-order valence-electron chi connectivity index (χ0n) is 10.7. The van der Waals surface area contributed by atoms with Crippen molar-refractivity contribution in [3.8, 4) is 5.75 Å². The van der Waals surface area contributed by atoms with Gasteiger partial charge in [-0.15, -0.1) is 0 Å². The fourth-order valence-corrected chi connectivity index (χ4v) is 2.65. The number of benzene rings is 2. The van der Waals surface area contributed by atoms with E-state index in [1.807, 2.05) is 0 Å². The molecule has 6 heteroatoms. The minimum Gasteiger partial charge on any atom is -0.483 e. The second-order valence-electron chi connectivity index (χ2n) is 4.29. The lowest BCUT2D eigenvalue weighted by atomic mass is 10.1. The van der Waals surface area contributed by atoms with Crippen LogP contribution in [0.2, 0.25) is 15.1 Å². The van der Waals surface area contributed by atoms with Crippen LogP contribution in [0.3, 0.4) is 0 Å². The zero-order valence-corrected chi connectivity index (χ0v) is 13.0. The van der Waals surface area contributed by atoms with Crippen molar-refractivity contribution in [3.05, 3.63) is 62.8 Å². The molecule has 21 heavy (non-hydrogen) atoms. The van der Waals surface area contributed by atoms with Gasteiger partial charge < -0.3 is 4.74 Å². The van der Waals surface area contributed by atoms with Gasteiger partial charge in [0.15, 0.2) is 11.5 Å². The van der Waals surface area contributed by atoms with Crippen LogP contribution in [0.15, 0.2) is 36.4 Å². The molecule has 0 aliphatic carbocycles. The average molecular weight is 348 g/mol. The van der Waals surface area contributed by atoms with Crippen molar-refractivity contribution in [2.24, 2.45) is 0 Å². The smallest absolute Gasteiger partial charge is 0.174 e. The maximum Gasteiger partial charge on any atom is 0.174 e. The summed E-state index contributed by atoms with van der Waals surface area (Å²) >= 11 is 17.7. The Morgan fingerprint density at radius 1 is 1.10 bits per heavy atom. The molecule has 0 atom stereocenters. The van der Waals surface area contributed by atoms with E-state index in [1.54, 1.807) is 18.2 Å². The summed E-state index contributed by atoms with van der Waals surface area (Å²) in [5.74, 6) is -0.528. The Balaban J connectivity index is 2.01. The number of rotatable bonds is 5. The lowest BCUT2D eigenvalue weighted by Gasteiger charge is -2.10. The van der Waals surface area contributed by atoms with Gasteiger partial charge >= 0.3 is 0 Å². The summed E-state index contributed by atoms with van der Waals surface area (Å²) in [6, 6.07) is 9.01. The number of hydrogen-bond acceptors (Lipinski definition) is 2. The van der Waals surface area contributed by atoms with Crippen LogP contribution in [0.5, 0.6) is 5.75 Å². The highest BCUT2D eigenvalue weighted by atomic mass is 35.5. The first-order valence-electron chi connectivity index (χ1n) is 6.00. The zero-order chi connectivity index (χ0) is 15.4. The number of ketones is 1. The number of hydrogen-bond donors (Lipinski definition) is 0. The molecule has 0 unspecified atom stereocenters. The molecule has 0 aromatic heterocycles. The molecule has 2 nitrogen and oxygen atoms in total. The van der Waals surface area contributed by atoms with Gasteiger partial charge in [0.05, 0.1) is 10.0 Å². The van der Waals surface area contributed by atoms with Gasteiger partial charge in [-0.3, -0.25) is 4.79 Å². The Kier molecular flexibility index (Phi) is 5.45. The summed E-state index contributed by atoms with van der Waals surface area (Å²) in [6.07, 6.45) is -0.0600. The third kappa shape index (κ3) is 4.34. The third-order valence-electron chi connectivity index (χ3n) is 2.69. The lowest BCUT2D eigenvalue weighted by Crippen LogP contribution is -2.15. The molecule has 0 aliphatic rings. The highest BCUT2D eigenvalue weighted by Gasteiger charge is 2.13. The van der Waals surface area contributed by atoms with Crippen molar-refractivity contribution >= 4 is 40.6 Å². The van der Waals surface area contributed by atoms with E-state index in [0.717, 1.165) is 0 Å². The summed E-state index contributed by atoms with van der Waals surface area (Å²) in [4.78, 5) is 11.8. The minimum atomic E-state index is -0.423. The van der Waals surface area contributed by atoms with Crippen LogP contribution in [0.4, 0.5) is 4.39 Å². The fraction of sp³-hybridized carbons (Fsp3) is 0.133. The molecular formula is C15H10Cl3FO2. The van der Waals surface area contributed by atoms with Gasteiger partial charge in [0, 0.05) is 11.4 Å². The molecule has 2 rings (SSSR count). The summed E-state index contributed by atoms with van der Waals surface area (Å²) in [5.41, 5.74) is 0.319. The van der Waals surface area contributed by atoms with E-state index in [1.165, 1.54) is 18.2 Å². The van der Waals surface area contributed by atoms with Crippen LogP contribution in [-0.2, 0) is 11.2 Å². The van der Waals surface area contributed by atoms with E-state index in [4.69, 9.17) is 39.5 Å². The number of carbonyl (C=O) groups excluding carboxylic acids is 1. The number of carbonyl (C=O) groups is 1. The molecule has 0 saturated carbocycles. The van der Waals surface area contributed by atoms with Crippen LogP contribution >= 0.6 is 34.8 Å². The highest BCUT2D eigenvalue weighted by molar-refractivity contribution is 6.40. The molecule has 0 heterocycles. The Hall–Kier alpha value is -1.29. The summed E-state index contributed by atoms with van der Waals surface area (Å²) < 4.78 is 18.7. The molecule has 110 valence electrons. The number of ether oxygens (including phenoxy) is 1. The molecular weight excluding hydrogens is 338 g/mol. The molecule has 0 fully saturated rings. The molecule has 2 aromatic carbocycles. The van der Waals surface area contributed by atoms with E-state index >= 15 is 0 Å². The van der Waals surface area contributed by atoms with Crippen LogP contribution in [0.25, 0.3) is 0 Å². The fourth-order valence-electron chi connectivity index (χ4n) is 1.72. The topological polar surface area (TPSA) is 26.3 Å². The number of Topliss-reactive ketones (excluding diaryl/α,β-unsaturated/α-hetero) is 1. The molecule has 2 aromatic rings. The van der Waals surface area contributed by atoms with Crippen LogP contribution in [0, 0.1) is 5.82 Å². The Bertz CT molecular complexity index is 651. The van der Waals surface area contributed by atoms with Gasteiger partial charge in [-0.2, -0.15) is 0 Å². The maximum absolute atomic E-state index is 13.4. The van der Waals surface area contributed by atoms with Crippen molar-refractivity contribution in [2.45, 2.75) is 6.42 Å². The number of halogens is 4. The first-order chi connectivity index (χ1) is 9.97. The second-order valence-corrected chi connectivity index (χ2v) is 5.54. The summed E-state index contributed by atoms with van der Waals surface area (Å²) in [5, 5.41) is 0.799. The van der Waals surface area contributed by atoms with E-state index in [-0.39, 0.29) is 34.6 Å². The molecule has 0 N–H and O–H groups in total. The van der Waals surface area contributed by atoms with Crippen molar-refractivity contribution in [2.75, 3.05) is 6.61 Å². The summed E-state index contributed by atoms with van der Waals surface area (Å²) in [6.45, 7) is -0.255. The minimum absolute atomic E-state index is 0.0600. The van der Waals surface area contributed by atoms with Gasteiger partial charge in [-0.1, -0.05) is 53.0 Å². The maximum atomic E-state index is 13.4. The van der Waals surface area contributed by atoms with E-state index < -0.39 is 5.82 Å². The van der Waals surface area contributed by atoms with Crippen LogP contribution < -0.4 is 4.74 Å². The molecule has 0 radical (unpaired) electrons. The van der Waals surface area contributed by atoms with Crippen LogP contribution in [-0.4, -0.2) is 12.4 Å². The molecule has 0 spiro atoms. The summed E-state index contributed by atoms with van der Waals surface area (Å²) in [7, 11) is 0. The van der Waals surface area contributed by atoms with Crippen LogP contribution in [0.1, 0.15) is 5.56 Å². The monoisotopic (exact) mass is 346 g/mol. The molecule has 0 bridgehead atoms. The lowest BCUT2D eigenvalue weighted by molar-refractivity contribution is -0.120. The van der Waals surface area contributed by atoms with Gasteiger partial charge in [0.25, 0.3) is 0 Å².